The molecule has 1 aromatic carbocycles. The Morgan fingerprint density at radius 1 is 1.11 bits per heavy atom. The van der Waals surface area contributed by atoms with E-state index in [1.165, 1.54) is 0 Å². The third-order valence-electron chi connectivity index (χ3n) is 5.21. The van der Waals surface area contributed by atoms with Gasteiger partial charge in [0.05, 0.1) is 6.04 Å². The van der Waals surface area contributed by atoms with Gasteiger partial charge in [0, 0.05) is 18.3 Å². The Morgan fingerprint density at radius 2 is 1.56 bits per heavy atom. The Kier molecular flexibility index (Phi) is 5.50. The van der Waals surface area contributed by atoms with Crippen LogP contribution in [0.4, 0.5) is 0 Å². The molecule has 0 bridgehead atoms. The number of hydrogen-bond acceptors (Lipinski definition) is 3. The number of nitrogens with zero attached hydrogens (tertiary/aromatic N) is 1. The van der Waals surface area contributed by atoms with Crippen molar-refractivity contribution < 1.29 is 9.90 Å². The number of nitrogens with one attached hydrogen (secondary N) is 1. The highest BCUT2D eigenvalue weighted by atomic mass is 32.1. The molecule has 27 heavy (non-hydrogen) atoms. The predicted octanol–water partition coefficient (Wildman–Crippen LogP) is 4.71. The molecular weight excluding hydrogens is 356 g/mol. The fraction of sp³-hybridized carbons (Fsp3) is 0.545. The van der Waals surface area contributed by atoms with Crippen molar-refractivity contribution in [2.45, 2.75) is 72.3 Å². The summed E-state index contributed by atoms with van der Waals surface area (Å²) in [6, 6.07) is 3.69. The highest BCUT2D eigenvalue weighted by Gasteiger charge is 2.34. The molecule has 2 N–H and O–H groups in total. The van der Waals surface area contributed by atoms with E-state index in [0.717, 1.165) is 22.4 Å². The summed E-state index contributed by atoms with van der Waals surface area (Å²) in [5.74, 6) is 0.348. The van der Waals surface area contributed by atoms with Crippen molar-refractivity contribution in [1.82, 2.24) is 10.2 Å². The van der Waals surface area contributed by atoms with Gasteiger partial charge in [-0.2, -0.15) is 0 Å². The Labute approximate surface area is 168 Å². The molecule has 1 aromatic rings. The summed E-state index contributed by atoms with van der Waals surface area (Å²) >= 11 is 5.48. The van der Waals surface area contributed by atoms with Crippen LogP contribution < -0.4 is 5.32 Å². The molecular formula is C22H32N2O2S. The number of benzene rings is 1. The van der Waals surface area contributed by atoms with Crippen molar-refractivity contribution >= 4 is 23.1 Å². The normalized spacial score (nSPS) is 18.6. The van der Waals surface area contributed by atoms with Gasteiger partial charge < -0.3 is 15.3 Å². The van der Waals surface area contributed by atoms with Crippen molar-refractivity contribution in [2.75, 3.05) is 7.05 Å². The molecule has 0 spiro atoms. The van der Waals surface area contributed by atoms with E-state index >= 15 is 0 Å². The maximum absolute atomic E-state index is 12.5. The second-order valence-electron chi connectivity index (χ2n) is 9.46. The number of aromatic hydroxyl groups is 1. The molecule has 0 amide bonds. The zero-order valence-electron chi connectivity index (χ0n) is 17.9. The minimum Gasteiger partial charge on any atom is -0.507 e. The maximum Gasteiger partial charge on any atom is 0.173 e. The average Bonchev–Trinajstić information content (AvgIpc) is 2.49. The van der Waals surface area contributed by atoms with Gasteiger partial charge in [-0.25, -0.2) is 0 Å². The molecule has 1 aliphatic heterocycles. The summed E-state index contributed by atoms with van der Waals surface area (Å²) in [6.07, 6.45) is 0. The van der Waals surface area contributed by atoms with Crippen molar-refractivity contribution in [1.29, 1.82) is 0 Å². The van der Waals surface area contributed by atoms with Crippen LogP contribution in [0.3, 0.4) is 0 Å². The van der Waals surface area contributed by atoms with E-state index in [4.69, 9.17) is 12.2 Å². The maximum atomic E-state index is 12.5. The quantitative estimate of drug-likeness (QED) is 0.719. The first kappa shape index (κ1) is 21.4. The van der Waals surface area contributed by atoms with E-state index < -0.39 is 0 Å². The Hall–Kier alpha value is -1.88. The molecule has 1 unspecified atom stereocenters. The molecule has 0 aromatic heterocycles. The summed E-state index contributed by atoms with van der Waals surface area (Å²) in [4.78, 5) is 14.3. The van der Waals surface area contributed by atoms with Crippen molar-refractivity contribution in [3.05, 3.63) is 40.1 Å². The van der Waals surface area contributed by atoms with Crippen LogP contribution in [0, 0.1) is 0 Å². The largest absolute Gasteiger partial charge is 0.507 e. The van der Waals surface area contributed by atoms with Crippen LogP contribution in [-0.2, 0) is 15.6 Å². The van der Waals surface area contributed by atoms with Gasteiger partial charge in [-0.3, -0.25) is 4.79 Å². The van der Waals surface area contributed by atoms with Crippen LogP contribution in [-0.4, -0.2) is 27.9 Å². The van der Waals surface area contributed by atoms with E-state index in [1.54, 1.807) is 6.92 Å². The van der Waals surface area contributed by atoms with E-state index in [0.29, 0.717) is 16.4 Å². The molecule has 1 heterocycles. The second-order valence-corrected chi connectivity index (χ2v) is 9.85. The van der Waals surface area contributed by atoms with E-state index in [9.17, 15) is 9.90 Å². The lowest BCUT2D eigenvalue weighted by Gasteiger charge is -2.37. The number of phenols is 1. The summed E-state index contributed by atoms with van der Waals surface area (Å²) in [7, 11) is 1.86. The molecule has 148 valence electrons. The smallest absolute Gasteiger partial charge is 0.173 e. The van der Waals surface area contributed by atoms with Crippen LogP contribution in [0.5, 0.6) is 5.75 Å². The first-order valence-corrected chi connectivity index (χ1v) is 9.71. The Morgan fingerprint density at radius 3 is 1.93 bits per heavy atom. The molecule has 1 atom stereocenters. The molecule has 5 heteroatoms. The number of phenolic OH excluding ortho intramolecular Hbond substituents is 1. The summed E-state index contributed by atoms with van der Waals surface area (Å²) in [5, 5.41) is 14.9. The number of carbonyl (C=O) groups excluding carboxylic acids is 1. The predicted molar refractivity (Wildman–Crippen MR) is 115 cm³/mol. The van der Waals surface area contributed by atoms with Gasteiger partial charge in [0.15, 0.2) is 10.9 Å². The fourth-order valence-corrected chi connectivity index (χ4v) is 3.76. The van der Waals surface area contributed by atoms with Crippen molar-refractivity contribution in [3.8, 4) is 5.75 Å². The summed E-state index contributed by atoms with van der Waals surface area (Å²) < 4.78 is 0. The second kappa shape index (κ2) is 6.93. The molecule has 1 aliphatic rings. The number of Topliss-reactive ketones (excluding diaryl/α,β-unsaturated/α-hetero) is 1. The number of rotatable bonds is 2. The topological polar surface area (TPSA) is 52.6 Å². The number of carbonyl (C=O) groups is 1. The number of thiocarbonyl (C=S) groups is 1. The highest BCUT2D eigenvalue weighted by molar-refractivity contribution is 7.80. The number of hydrogen-bond donors (Lipinski definition) is 2. The number of allylic oxidation sites excluding steroid dienone is 1. The first-order chi connectivity index (χ1) is 12.2. The minimum absolute atomic E-state index is 0.0158. The van der Waals surface area contributed by atoms with Gasteiger partial charge in [0.25, 0.3) is 0 Å². The van der Waals surface area contributed by atoms with Crippen molar-refractivity contribution in [2.24, 2.45) is 0 Å². The average molecular weight is 389 g/mol. The van der Waals surface area contributed by atoms with E-state index in [-0.39, 0.29) is 22.7 Å². The highest BCUT2D eigenvalue weighted by Crippen LogP contribution is 2.42. The minimum atomic E-state index is -0.325. The van der Waals surface area contributed by atoms with Crippen LogP contribution >= 0.6 is 12.2 Å². The van der Waals surface area contributed by atoms with Gasteiger partial charge in [-0.1, -0.05) is 41.5 Å². The lowest BCUT2D eigenvalue weighted by atomic mass is 9.77. The fourth-order valence-electron chi connectivity index (χ4n) is 3.51. The summed E-state index contributed by atoms with van der Waals surface area (Å²) in [5.41, 5.74) is 3.79. The van der Waals surface area contributed by atoms with Crippen LogP contribution in [0.15, 0.2) is 23.4 Å². The lowest BCUT2D eigenvalue weighted by molar-refractivity contribution is -0.114. The molecule has 0 aliphatic carbocycles. The number of ketones is 1. The lowest BCUT2D eigenvalue weighted by Crippen LogP contribution is -2.45. The van der Waals surface area contributed by atoms with E-state index in [2.05, 4.69) is 46.9 Å². The van der Waals surface area contributed by atoms with Crippen LogP contribution in [0.1, 0.15) is 78.1 Å². The standard InChI is InChI=1S/C22H32N2O2S/c1-12-17(13(2)25)18(23-20(27)24(12)9)14-10-15(21(3,4)5)19(26)16(11-14)22(6,7)8/h10-11,18,26H,1-9H3,(H,23,27). The first-order valence-electron chi connectivity index (χ1n) is 9.30. The molecule has 0 saturated heterocycles. The van der Waals surface area contributed by atoms with Gasteiger partial charge in [-0.15, -0.1) is 0 Å². The SMILES string of the molecule is CC(=O)C1=C(C)N(C)C(=S)NC1c1cc(C(C)(C)C)c(O)c(C(C)(C)C)c1. The summed E-state index contributed by atoms with van der Waals surface area (Å²) in [6.45, 7) is 16.0. The third-order valence-corrected chi connectivity index (χ3v) is 5.61. The van der Waals surface area contributed by atoms with Gasteiger partial charge >= 0.3 is 0 Å². The zero-order valence-corrected chi connectivity index (χ0v) is 18.8. The molecule has 0 radical (unpaired) electrons. The Bertz CT molecular complexity index is 791. The molecule has 4 nitrogen and oxygen atoms in total. The monoisotopic (exact) mass is 388 g/mol. The van der Waals surface area contributed by atoms with E-state index in [1.807, 2.05) is 31.0 Å². The van der Waals surface area contributed by atoms with Gasteiger partial charge in [-0.05, 0) is 65.7 Å². The molecule has 2 rings (SSSR count). The zero-order chi connectivity index (χ0) is 20.9. The van der Waals surface area contributed by atoms with Crippen LogP contribution in [0.2, 0.25) is 0 Å². The van der Waals surface area contributed by atoms with Gasteiger partial charge in [0.1, 0.15) is 5.75 Å². The molecule has 0 saturated carbocycles. The van der Waals surface area contributed by atoms with Gasteiger partial charge in [0.2, 0.25) is 0 Å². The molecule has 0 fully saturated rings. The van der Waals surface area contributed by atoms with Crippen LogP contribution in [0.25, 0.3) is 0 Å². The third kappa shape index (κ3) is 4.03. The Balaban J connectivity index is 2.81. The van der Waals surface area contributed by atoms with Crippen molar-refractivity contribution in [3.63, 3.8) is 0 Å².